The minimum atomic E-state index is 0.538. The van der Waals surface area contributed by atoms with Gasteiger partial charge < -0.3 is 10.6 Å². The summed E-state index contributed by atoms with van der Waals surface area (Å²) >= 11 is 8.77. The van der Waals surface area contributed by atoms with E-state index in [1.807, 2.05) is 31.2 Å². The van der Waals surface area contributed by atoms with Gasteiger partial charge in [0.2, 0.25) is 0 Å². The maximum absolute atomic E-state index is 5.36. The van der Waals surface area contributed by atoms with Crippen LogP contribution in [0.25, 0.3) is 0 Å². The van der Waals surface area contributed by atoms with Crippen LogP contribution in [0.15, 0.2) is 28.7 Å². The molecule has 1 aromatic heterocycles. The van der Waals surface area contributed by atoms with Crippen LogP contribution in [0.2, 0.25) is 0 Å². The number of hydrogen-bond acceptors (Lipinski definition) is 2. The predicted octanol–water partition coefficient (Wildman–Crippen LogP) is 4.89. The monoisotopic (exact) mass is 363 g/mol. The highest BCUT2D eigenvalue weighted by Gasteiger charge is 2.10. The summed E-state index contributed by atoms with van der Waals surface area (Å²) in [6, 6.07) is 7.86. The van der Waals surface area contributed by atoms with Gasteiger partial charge in [-0.2, -0.15) is 0 Å². The molecular formula is C16H18BrN3S. The van der Waals surface area contributed by atoms with E-state index in [1.165, 1.54) is 11.1 Å². The van der Waals surface area contributed by atoms with E-state index in [0.29, 0.717) is 5.11 Å². The first-order chi connectivity index (χ1) is 9.88. The molecule has 0 aliphatic heterocycles. The van der Waals surface area contributed by atoms with Crippen LogP contribution in [0.1, 0.15) is 22.4 Å². The van der Waals surface area contributed by atoms with E-state index in [2.05, 4.69) is 52.3 Å². The van der Waals surface area contributed by atoms with Crippen molar-refractivity contribution in [1.82, 2.24) is 4.98 Å². The predicted molar refractivity (Wildman–Crippen MR) is 97.2 cm³/mol. The minimum absolute atomic E-state index is 0.538. The molecule has 0 radical (unpaired) electrons. The van der Waals surface area contributed by atoms with E-state index in [1.54, 1.807) is 0 Å². The average Bonchev–Trinajstić information content (AvgIpc) is 2.45. The molecule has 0 saturated carbocycles. The molecule has 21 heavy (non-hydrogen) atoms. The van der Waals surface area contributed by atoms with Crippen molar-refractivity contribution in [3.63, 3.8) is 0 Å². The quantitative estimate of drug-likeness (QED) is 0.745. The lowest BCUT2D eigenvalue weighted by atomic mass is 10.0. The van der Waals surface area contributed by atoms with Gasteiger partial charge in [0.15, 0.2) is 5.11 Å². The molecule has 0 saturated heterocycles. The van der Waals surface area contributed by atoms with Gasteiger partial charge in [-0.3, -0.25) is 0 Å². The number of nitrogens with zero attached hydrogens (tertiary/aromatic N) is 1. The van der Waals surface area contributed by atoms with Gasteiger partial charge in [0.25, 0.3) is 0 Å². The van der Waals surface area contributed by atoms with Crippen molar-refractivity contribution in [2.24, 2.45) is 0 Å². The molecule has 2 aromatic rings. The number of anilines is 2. The zero-order valence-electron chi connectivity index (χ0n) is 12.5. The van der Waals surface area contributed by atoms with E-state index < -0.39 is 0 Å². The molecule has 0 spiro atoms. The molecule has 1 heterocycles. The lowest BCUT2D eigenvalue weighted by Gasteiger charge is -2.16. The maximum Gasteiger partial charge on any atom is 0.176 e. The Kier molecular flexibility index (Phi) is 4.96. The van der Waals surface area contributed by atoms with Gasteiger partial charge in [0.1, 0.15) is 5.82 Å². The van der Waals surface area contributed by atoms with Gasteiger partial charge in [0, 0.05) is 15.9 Å². The average molecular weight is 364 g/mol. The number of hydrogen-bond donors (Lipinski definition) is 2. The summed E-state index contributed by atoms with van der Waals surface area (Å²) in [4.78, 5) is 4.58. The summed E-state index contributed by atoms with van der Waals surface area (Å²) in [5.74, 6) is 0.810. The van der Waals surface area contributed by atoms with Crippen molar-refractivity contribution in [2.45, 2.75) is 27.7 Å². The zero-order chi connectivity index (χ0) is 15.6. The minimum Gasteiger partial charge on any atom is -0.332 e. The van der Waals surface area contributed by atoms with Crippen LogP contribution < -0.4 is 10.6 Å². The van der Waals surface area contributed by atoms with Gasteiger partial charge in [-0.25, -0.2) is 4.98 Å². The summed E-state index contributed by atoms with van der Waals surface area (Å²) in [6.07, 6.45) is 0. The fourth-order valence-corrected chi connectivity index (χ4v) is 2.47. The molecule has 110 valence electrons. The molecule has 5 heteroatoms. The van der Waals surface area contributed by atoms with Gasteiger partial charge in [-0.05, 0) is 80.9 Å². The summed E-state index contributed by atoms with van der Waals surface area (Å²) in [6.45, 7) is 8.26. The highest BCUT2D eigenvalue weighted by Crippen LogP contribution is 2.22. The van der Waals surface area contributed by atoms with E-state index in [-0.39, 0.29) is 0 Å². The van der Waals surface area contributed by atoms with E-state index >= 15 is 0 Å². The molecule has 0 aliphatic rings. The number of aromatic nitrogens is 1. The zero-order valence-corrected chi connectivity index (χ0v) is 14.9. The summed E-state index contributed by atoms with van der Waals surface area (Å²) in [7, 11) is 0. The topological polar surface area (TPSA) is 37.0 Å². The van der Waals surface area contributed by atoms with Crippen LogP contribution in [-0.4, -0.2) is 10.1 Å². The number of halogens is 1. The first kappa shape index (κ1) is 15.9. The molecule has 0 unspecified atom stereocenters. The van der Waals surface area contributed by atoms with Gasteiger partial charge in [0.05, 0.1) is 0 Å². The van der Waals surface area contributed by atoms with Crippen molar-refractivity contribution in [3.8, 4) is 0 Å². The molecule has 0 aliphatic carbocycles. The third-order valence-corrected chi connectivity index (χ3v) is 4.37. The molecule has 2 rings (SSSR count). The highest BCUT2D eigenvalue weighted by atomic mass is 79.9. The smallest absolute Gasteiger partial charge is 0.176 e. The van der Waals surface area contributed by atoms with Crippen molar-refractivity contribution >= 4 is 44.8 Å². The molecule has 0 fully saturated rings. The van der Waals surface area contributed by atoms with Crippen molar-refractivity contribution in [3.05, 3.63) is 51.1 Å². The Hall–Kier alpha value is -1.46. The van der Waals surface area contributed by atoms with E-state index in [0.717, 1.165) is 27.2 Å². The largest absolute Gasteiger partial charge is 0.332 e. The lowest BCUT2D eigenvalue weighted by molar-refractivity contribution is 1.09. The first-order valence-electron chi connectivity index (χ1n) is 6.66. The molecule has 0 bridgehead atoms. The lowest BCUT2D eigenvalue weighted by Crippen LogP contribution is -2.21. The standard InChI is InChI=1S/C16H18BrN3S/c1-9-10(2)12(4)18-15(11(9)3)20-16(21)19-14-7-5-13(17)6-8-14/h5-8H,1-4H3,(H2,18,19,20,21). The highest BCUT2D eigenvalue weighted by molar-refractivity contribution is 9.10. The number of rotatable bonds is 2. The molecule has 3 nitrogen and oxygen atoms in total. The van der Waals surface area contributed by atoms with Gasteiger partial charge >= 0.3 is 0 Å². The van der Waals surface area contributed by atoms with Gasteiger partial charge in [-0.15, -0.1) is 0 Å². The Bertz CT molecular complexity index is 681. The number of nitrogens with one attached hydrogen (secondary N) is 2. The summed E-state index contributed by atoms with van der Waals surface area (Å²) in [5.41, 5.74) is 5.56. The van der Waals surface area contributed by atoms with Crippen molar-refractivity contribution < 1.29 is 0 Å². The van der Waals surface area contributed by atoms with Crippen molar-refractivity contribution in [2.75, 3.05) is 10.6 Å². The first-order valence-corrected chi connectivity index (χ1v) is 7.86. The maximum atomic E-state index is 5.36. The molecule has 0 amide bonds. The summed E-state index contributed by atoms with van der Waals surface area (Å²) in [5, 5.41) is 6.88. The van der Waals surface area contributed by atoms with E-state index in [9.17, 15) is 0 Å². The third-order valence-electron chi connectivity index (χ3n) is 3.64. The van der Waals surface area contributed by atoms with Crippen LogP contribution in [-0.2, 0) is 0 Å². The SMILES string of the molecule is Cc1nc(NC(=S)Nc2ccc(Br)cc2)c(C)c(C)c1C. The van der Waals surface area contributed by atoms with Crippen LogP contribution >= 0.6 is 28.1 Å². The molecular weight excluding hydrogens is 346 g/mol. The Morgan fingerprint density at radius 1 is 0.952 bits per heavy atom. The Balaban J connectivity index is 2.15. The molecule has 0 atom stereocenters. The second-order valence-corrected chi connectivity index (χ2v) is 6.33. The fourth-order valence-electron chi connectivity index (χ4n) is 1.99. The van der Waals surface area contributed by atoms with Crippen LogP contribution in [0.5, 0.6) is 0 Å². The Morgan fingerprint density at radius 3 is 2.19 bits per heavy atom. The Morgan fingerprint density at radius 2 is 1.57 bits per heavy atom. The normalized spacial score (nSPS) is 10.3. The van der Waals surface area contributed by atoms with Crippen LogP contribution in [0.3, 0.4) is 0 Å². The molecule has 2 N–H and O–H groups in total. The second kappa shape index (κ2) is 6.54. The number of benzene rings is 1. The van der Waals surface area contributed by atoms with E-state index in [4.69, 9.17) is 12.2 Å². The fraction of sp³-hybridized carbons (Fsp3) is 0.250. The number of thiocarbonyl (C=S) groups is 1. The number of aryl methyl sites for hydroxylation is 1. The van der Waals surface area contributed by atoms with Crippen molar-refractivity contribution in [1.29, 1.82) is 0 Å². The second-order valence-electron chi connectivity index (χ2n) is 5.01. The van der Waals surface area contributed by atoms with Gasteiger partial charge in [-0.1, -0.05) is 15.9 Å². The summed E-state index contributed by atoms with van der Waals surface area (Å²) < 4.78 is 1.04. The van der Waals surface area contributed by atoms with Crippen LogP contribution in [0, 0.1) is 27.7 Å². The Labute approximate surface area is 139 Å². The third kappa shape index (κ3) is 3.80. The number of pyridine rings is 1. The molecule has 1 aromatic carbocycles. The van der Waals surface area contributed by atoms with Crippen LogP contribution in [0.4, 0.5) is 11.5 Å².